The zero-order valence-corrected chi connectivity index (χ0v) is 9.54. The van der Waals surface area contributed by atoms with Crippen LogP contribution in [0.1, 0.15) is 5.69 Å². The van der Waals surface area contributed by atoms with Crippen molar-refractivity contribution in [1.29, 1.82) is 0 Å². The van der Waals surface area contributed by atoms with Crippen LogP contribution in [0.5, 0.6) is 0 Å². The first-order chi connectivity index (χ1) is 8.29. The van der Waals surface area contributed by atoms with Crippen molar-refractivity contribution in [1.82, 2.24) is 15.0 Å². The van der Waals surface area contributed by atoms with Crippen molar-refractivity contribution in [3.05, 3.63) is 42.5 Å². The molecular formula is C11H14N6. The largest absolute Gasteiger partial charge is 0.352 e. The van der Waals surface area contributed by atoms with E-state index in [9.17, 15) is 0 Å². The molecule has 2 heterocycles. The Hall–Kier alpha value is -2.21. The number of nitrogens with one attached hydrogen (secondary N) is 1. The molecule has 88 valence electrons. The molecule has 0 bridgehead atoms. The fourth-order valence-corrected chi connectivity index (χ4v) is 1.42. The van der Waals surface area contributed by atoms with Gasteiger partial charge < -0.3 is 10.3 Å². The average molecular weight is 230 g/mol. The van der Waals surface area contributed by atoms with Crippen molar-refractivity contribution in [2.75, 3.05) is 17.4 Å². The van der Waals surface area contributed by atoms with Gasteiger partial charge in [-0.2, -0.15) is 0 Å². The monoisotopic (exact) mass is 230 g/mol. The van der Waals surface area contributed by atoms with Crippen LogP contribution in [0.3, 0.4) is 0 Å². The molecule has 0 spiro atoms. The van der Waals surface area contributed by atoms with Crippen LogP contribution in [-0.2, 0) is 6.54 Å². The summed E-state index contributed by atoms with van der Waals surface area (Å²) < 4.78 is 0. The van der Waals surface area contributed by atoms with Crippen molar-refractivity contribution in [2.24, 2.45) is 5.84 Å². The van der Waals surface area contributed by atoms with Crippen LogP contribution in [0.4, 0.5) is 11.6 Å². The van der Waals surface area contributed by atoms with E-state index in [0.717, 1.165) is 11.5 Å². The van der Waals surface area contributed by atoms with Crippen LogP contribution < -0.4 is 16.2 Å². The van der Waals surface area contributed by atoms with Crippen LogP contribution in [0.15, 0.2) is 36.8 Å². The zero-order chi connectivity index (χ0) is 12.1. The Morgan fingerprint density at radius 1 is 1.35 bits per heavy atom. The Kier molecular flexibility index (Phi) is 3.46. The average Bonchev–Trinajstić information content (AvgIpc) is 2.40. The number of hydrogen-bond acceptors (Lipinski definition) is 6. The van der Waals surface area contributed by atoms with Crippen molar-refractivity contribution in [2.45, 2.75) is 6.54 Å². The van der Waals surface area contributed by atoms with Crippen molar-refractivity contribution in [3.63, 3.8) is 0 Å². The number of hydrogen-bond donors (Lipinski definition) is 2. The highest BCUT2D eigenvalue weighted by Gasteiger charge is 2.05. The second-order valence-electron chi connectivity index (χ2n) is 3.58. The van der Waals surface area contributed by atoms with Gasteiger partial charge in [0.1, 0.15) is 5.82 Å². The highest BCUT2D eigenvalue weighted by atomic mass is 15.3. The second kappa shape index (κ2) is 5.22. The Morgan fingerprint density at radius 2 is 2.24 bits per heavy atom. The lowest BCUT2D eigenvalue weighted by Crippen LogP contribution is -2.19. The molecule has 0 saturated carbocycles. The molecule has 0 radical (unpaired) electrons. The third-order valence-electron chi connectivity index (χ3n) is 2.29. The van der Waals surface area contributed by atoms with Crippen molar-refractivity contribution < 1.29 is 0 Å². The molecule has 0 aromatic carbocycles. The van der Waals surface area contributed by atoms with Crippen LogP contribution >= 0.6 is 0 Å². The quantitative estimate of drug-likeness (QED) is 0.597. The van der Waals surface area contributed by atoms with Gasteiger partial charge in [0.2, 0.25) is 0 Å². The predicted molar refractivity (Wildman–Crippen MR) is 66.2 cm³/mol. The van der Waals surface area contributed by atoms with Gasteiger partial charge in [0.05, 0.1) is 24.6 Å². The molecule has 0 fully saturated rings. The zero-order valence-electron chi connectivity index (χ0n) is 9.54. The molecule has 0 unspecified atom stereocenters. The minimum absolute atomic E-state index is 0.537. The molecule has 17 heavy (non-hydrogen) atoms. The molecule has 6 nitrogen and oxygen atoms in total. The van der Waals surface area contributed by atoms with E-state index in [1.807, 2.05) is 30.1 Å². The minimum atomic E-state index is 0.537. The maximum atomic E-state index is 5.29. The van der Waals surface area contributed by atoms with Gasteiger partial charge in [-0.15, -0.1) is 0 Å². The normalized spacial score (nSPS) is 10.0. The Bertz CT molecular complexity index is 472. The summed E-state index contributed by atoms with van der Waals surface area (Å²) in [4.78, 5) is 14.5. The van der Waals surface area contributed by atoms with Crippen LogP contribution in [0.25, 0.3) is 0 Å². The second-order valence-corrected chi connectivity index (χ2v) is 3.58. The Labute approximate surface area is 99.5 Å². The van der Waals surface area contributed by atoms with E-state index in [0.29, 0.717) is 12.4 Å². The van der Waals surface area contributed by atoms with E-state index in [-0.39, 0.29) is 0 Å². The highest BCUT2D eigenvalue weighted by molar-refractivity contribution is 5.42. The van der Waals surface area contributed by atoms with Crippen LogP contribution in [0.2, 0.25) is 0 Å². The minimum Gasteiger partial charge on any atom is -0.352 e. The number of anilines is 2. The van der Waals surface area contributed by atoms with Gasteiger partial charge >= 0.3 is 0 Å². The maximum Gasteiger partial charge on any atom is 0.160 e. The molecule has 0 saturated heterocycles. The van der Waals surface area contributed by atoms with Gasteiger partial charge in [-0.3, -0.25) is 9.97 Å². The van der Waals surface area contributed by atoms with Gasteiger partial charge in [-0.1, -0.05) is 6.07 Å². The summed E-state index contributed by atoms with van der Waals surface area (Å²) in [6.45, 7) is 0.670. The molecule has 2 aromatic heterocycles. The lowest BCUT2D eigenvalue weighted by Gasteiger charge is -2.17. The molecule has 0 aliphatic carbocycles. The van der Waals surface area contributed by atoms with Gasteiger partial charge in [-0.25, -0.2) is 10.8 Å². The first-order valence-electron chi connectivity index (χ1n) is 5.19. The fourth-order valence-electron chi connectivity index (χ4n) is 1.42. The number of aromatic nitrogens is 3. The van der Waals surface area contributed by atoms with Gasteiger partial charge in [0.15, 0.2) is 5.82 Å². The maximum absolute atomic E-state index is 5.29. The first-order valence-corrected chi connectivity index (χ1v) is 5.19. The summed E-state index contributed by atoms with van der Waals surface area (Å²) in [6.07, 6.45) is 5.02. The molecule has 3 N–H and O–H groups in total. The predicted octanol–water partition coefficient (Wildman–Crippen LogP) is 0.794. The van der Waals surface area contributed by atoms with Crippen LogP contribution in [0, 0.1) is 0 Å². The molecular weight excluding hydrogens is 216 g/mol. The van der Waals surface area contributed by atoms with Gasteiger partial charge in [0.25, 0.3) is 0 Å². The van der Waals surface area contributed by atoms with E-state index in [1.54, 1.807) is 18.6 Å². The van der Waals surface area contributed by atoms with Gasteiger partial charge in [-0.05, 0) is 12.1 Å². The summed E-state index contributed by atoms with van der Waals surface area (Å²) in [5.74, 6) is 6.57. The number of rotatable bonds is 4. The van der Waals surface area contributed by atoms with Crippen LogP contribution in [-0.4, -0.2) is 22.0 Å². The van der Waals surface area contributed by atoms with Gasteiger partial charge in [0, 0.05) is 13.2 Å². The third-order valence-corrected chi connectivity index (χ3v) is 2.29. The number of pyridine rings is 1. The molecule has 0 amide bonds. The van der Waals surface area contributed by atoms with E-state index < -0.39 is 0 Å². The summed E-state index contributed by atoms with van der Waals surface area (Å²) in [5.41, 5.74) is 3.45. The Balaban J connectivity index is 2.11. The molecule has 0 aliphatic heterocycles. The molecule has 0 atom stereocenters. The number of nitrogens with two attached hydrogens (primary N) is 1. The molecule has 0 aliphatic rings. The summed E-state index contributed by atoms with van der Waals surface area (Å²) >= 11 is 0. The first kappa shape index (κ1) is 11.3. The van der Waals surface area contributed by atoms with Crippen molar-refractivity contribution >= 4 is 11.6 Å². The standard InChI is InChI=1S/C11H14N6/c1-17(8-9-4-2-3-5-14-9)11-7-13-6-10(15-11)16-12/h2-7H,8,12H2,1H3,(H,15,16). The Morgan fingerprint density at radius 3 is 2.94 bits per heavy atom. The lowest BCUT2D eigenvalue weighted by atomic mass is 10.3. The molecule has 6 heteroatoms. The van der Waals surface area contributed by atoms with E-state index in [4.69, 9.17) is 5.84 Å². The number of nitrogens with zero attached hydrogens (tertiary/aromatic N) is 4. The van der Waals surface area contributed by atoms with E-state index >= 15 is 0 Å². The van der Waals surface area contributed by atoms with E-state index in [1.165, 1.54) is 0 Å². The summed E-state index contributed by atoms with van der Waals surface area (Å²) in [5, 5.41) is 0. The fraction of sp³-hybridized carbons (Fsp3) is 0.182. The summed E-state index contributed by atoms with van der Waals surface area (Å²) in [6, 6.07) is 5.82. The van der Waals surface area contributed by atoms with Crippen molar-refractivity contribution in [3.8, 4) is 0 Å². The lowest BCUT2D eigenvalue weighted by molar-refractivity contribution is 0.860. The summed E-state index contributed by atoms with van der Waals surface area (Å²) in [7, 11) is 1.93. The van der Waals surface area contributed by atoms with E-state index in [2.05, 4.69) is 20.4 Å². The third kappa shape index (κ3) is 2.88. The topological polar surface area (TPSA) is 80.0 Å². The highest BCUT2D eigenvalue weighted by Crippen LogP contribution is 2.12. The number of hydrazine groups is 1. The smallest absolute Gasteiger partial charge is 0.160 e. The number of nitrogen functional groups attached to an aromatic ring is 1. The molecule has 2 rings (SSSR count). The SMILES string of the molecule is CN(Cc1ccccn1)c1cncc(NN)n1. The molecule has 2 aromatic rings.